The summed E-state index contributed by atoms with van der Waals surface area (Å²) in [6, 6.07) is 4.28. The third-order valence-corrected chi connectivity index (χ3v) is 2.34. The van der Waals surface area contributed by atoms with E-state index in [1.54, 1.807) is 13.1 Å². The quantitative estimate of drug-likeness (QED) is 0.800. The molecule has 0 aliphatic carbocycles. The number of ether oxygens (including phenoxy) is 2. The molecule has 1 atom stereocenters. The number of aliphatic hydroxyl groups excluding tert-OH is 1. The summed E-state index contributed by atoms with van der Waals surface area (Å²) in [4.78, 5) is 0. The summed E-state index contributed by atoms with van der Waals surface area (Å²) in [6.45, 7) is -3.06. The zero-order valence-electron chi connectivity index (χ0n) is 9.61. The molecule has 0 spiro atoms. The van der Waals surface area contributed by atoms with Crippen LogP contribution >= 0.6 is 0 Å². The summed E-state index contributed by atoms with van der Waals surface area (Å²) in [5, 5.41) is 11.9. The minimum atomic E-state index is -2.92. The number of halogens is 2. The number of alkyl halides is 2. The second kappa shape index (κ2) is 6.36. The van der Waals surface area contributed by atoms with Gasteiger partial charge in [0, 0.05) is 0 Å². The Hall–Kier alpha value is -1.40. The zero-order valence-corrected chi connectivity index (χ0v) is 9.61. The lowest BCUT2D eigenvalue weighted by atomic mass is 10.1. The van der Waals surface area contributed by atoms with E-state index in [2.05, 4.69) is 10.1 Å². The highest BCUT2D eigenvalue weighted by atomic mass is 19.3. The first-order valence-corrected chi connectivity index (χ1v) is 5.03. The molecule has 0 saturated carbocycles. The van der Waals surface area contributed by atoms with E-state index in [0.717, 1.165) is 0 Å². The first-order valence-electron chi connectivity index (χ1n) is 5.03. The molecule has 6 heteroatoms. The summed E-state index contributed by atoms with van der Waals surface area (Å²) in [5.74, 6) is 0.176. The molecule has 1 aromatic rings. The molecule has 0 aliphatic rings. The van der Waals surface area contributed by atoms with Crippen molar-refractivity contribution in [3.63, 3.8) is 0 Å². The van der Waals surface area contributed by atoms with Gasteiger partial charge in [0.1, 0.15) is 0 Å². The third-order valence-electron chi connectivity index (χ3n) is 2.34. The van der Waals surface area contributed by atoms with Crippen molar-refractivity contribution >= 4 is 0 Å². The molecule has 17 heavy (non-hydrogen) atoms. The summed E-state index contributed by atoms with van der Waals surface area (Å²) in [5.41, 5.74) is 0.645. The number of benzene rings is 1. The lowest BCUT2D eigenvalue weighted by molar-refractivity contribution is -0.0512. The molecule has 0 aliphatic heterocycles. The average molecular weight is 247 g/mol. The van der Waals surface area contributed by atoms with Gasteiger partial charge in [-0.3, -0.25) is 0 Å². The molecule has 0 fully saturated rings. The van der Waals surface area contributed by atoms with E-state index in [0.29, 0.717) is 5.56 Å². The number of hydrogen-bond donors (Lipinski definition) is 2. The monoisotopic (exact) mass is 247 g/mol. The first kappa shape index (κ1) is 13.7. The molecule has 0 aromatic heterocycles. The average Bonchev–Trinajstić information content (AvgIpc) is 2.30. The van der Waals surface area contributed by atoms with Gasteiger partial charge >= 0.3 is 6.61 Å². The van der Waals surface area contributed by atoms with Gasteiger partial charge in [0.15, 0.2) is 11.5 Å². The smallest absolute Gasteiger partial charge is 0.387 e. The van der Waals surface area contributed by atoms with Gasteiger partial charge in [-0.15, -0.1) is 0 Å². The van der Waals surface area contributed by atoms with Crippen LogP contribution in [0.15, 0.2) is 18.2 Å². The number of likely N-dealkylation sites (N-methyl/N-ethyl adjacent to an activating group) is 1. The van der Waals surface area contributed by atoms with E-state index in [1.165, 1.54) is 19.2 Å². The van der Waals surface area contributed by atoms with Crippen LogP contribution in [0.1, 0.15) is 11.6 Å². The summed E-state index contributed by atoms with van der Waals surface area (Å²) in [7, 11) is 3.04. The number of methoxy groups -OCH3 is 1. The standard InChI is InChI=1S/C11H15F2NO3/c1-14-8(6-15)7-3-4-9(16-2)10(5-7)17-11(12)13/h3-5,8,11,14-15H,6H2,1-2H3. The van der Waals surface area contributed by atoms with E-state index in [-0.39, 0.29) is 24.1 Å². The minimum absolute atomic E-state index is 0.0475. The van der Waals surface area contributed by atoms with Crippen LogP contribution in [-0.4, -0.2) is 32.5 Å². The molecule has 96 valence electrons. The highest BCUT2D eigenvalue weighted by Crippen LogP contribution is 2.31. The second-order valence-electron chi connectivity index (χ2n) is 3.31. The fraction of sp³-hybridized carbons (Fsp3) is 0.455. The Bertz CT molecular complexity index is 357. The fourth-order valence-electron chi connectivity index (χ4n) is 1.46. The molecular weight excluding hydrogens is 232 g/mol. The molecule has 1 aromatic carbocycles. The lowest BCUT2D eigenvalue weighted by Crippen LogP contribution is -2.20. The molecular formula is C11H15F2NO3. The minimum Gasteiger partial charge on any atom is -0.493 e. The Morgan fingerprint density at radius 3 is 2.53 bits per heavy atom. The maximum absolute atomic E-state index is 12.2. The molecule has 4 nitrogen and oxygen atoms in total. The fourth-order valence-corrected chi connectivity index (χ4v) is 1.46. The number of hydrogen-bond acceptors (Lipinski definition) is 4. The van der Waals surface area contributed by atoms with E-state index in [1.807, 2.05) is 0 Å². The van der Waals surface area contributed by atoms with Crippen molar-refractivity contribution in [1.82, 2.24) is 5.32 Å². The number of rotatable bonds is 6. The molecule has 0 bridgehead atoms. The van der Waals surface area contributed by atoms with Crippen molar-refractivity contribution in [2.75, 3.05) is 20.8 Å². The van der Waals surface area contributed by atoms with Gasteiger partial charge in [0.2, 0.25) is 0 Å². The van der Waals surface area contributed by atoms with Gasteiger partial charge < -0.3 is 19.9 Å². The van der Waals surface area contributed by atoms with Crippen molar-refractivity contribution in [3.05, 3.63) is 23.8 Å². The third kappa shape index (κ3) is 3.54. The SMILES string of the molecule is CNC(CO)c1ccc(OC)c(OC(F)F)c1. The Labute approximate surface area is 98.2 Å². The Balaban J connectivity index is 3.03. The maximum atomic E-state index is 12.2. The van der Waals surface area contributed by atoms with Gasteiger partial charge in [0.25, 0.3) is 0 Å². The summed E-state index contributed by atoms with van der Waals surface area (Å²) in [6.07, 6.45) is 0. The van der Waals surface area contributed by atoms with E-state index in [9.17, 15) is 8.78 Å². The molecule has 2 N–H and O–H groups in total. The lowest BCUT2D eigenvalue weighted by Gasteiger charge is -2.16. The first-order chi connectivity index (χ1) is 8.12. The van der Waals surface area contributed by atoms with Crippen LogP contribution in [0, 0.1) is 0 Å². The summed E-state index contributed by atoms with van der Waals surface area (Å²) < 4.78 is 33.6. The predicted molar refractivity (Wildman–Crippen MR) is 58.5 cm³/mol. The summed E-state index contributed by atoms with van der Waals surface area (Å²) >= 11 is 0. The Morgan fingerprint density at radius 2 is 2.06 bits per heavy atom. The van der Waals surface area contributed by atoms with E-state index in [4.69, 9.17) is 9.84 Å². The van der Waals surface area contributed by atoms with Crippen LogP contribution in [-0.2, 0) is 0 Å². The van der Waals surface area contributed by atoms with Crippen molar-refractivity contribution in [2.45, 2.75) is 12.7 Å². The second-order valence-corrected chi connectivity index (χ2v) is 3.31. The van der Waals surface area contributed by atoms with Gasteiger partial charge in [-0.2, -0.15) is 8.78 Å². The highest BCUT2D eigenvalue weighted by molar-refractivity contribution is 5.43. The van der Waals surface area contributed by atoms with E-state index < -0.39 is 6.61 Å². The van der Waals surface area contributed by atoms with Crippen LogP contribution < -0.4 is 14.8 Å². The predicted octanol–water partition coefficient (Wildman–Crippen LogP) is 1.55. The number of nitrogens with one attached hydrogen (secondary N) is 1. The Morgan fingerprint density at radius 1 is 1.35 bits per heavy atom. The zero-order chi connectivity index (χ0) is 12.8. The van der Waals surface area contributed by atoms with Crippen LogP contribution in [0.2, 0.25) is 0 Å². The largest absolute Gasteiger partial charge is 0.493 e. The molecule has 0 heterocycles. The normalized spacial score (nSPS) is 12.6. The topological polar surface area (TPSA) is 50.7 Å². The molecule has 0 amide bonds. The molecule has 0 saturated heterocycles. The van der Waals surface area contributed by atoms with E-state index >= 15 is 0 Å². The molecule has 0 radical (unpaired) electrons. The number of aliphatic hydroxyl groups is 1. The maximum Gasteiger partial charge on any atom is 0.387 e. The van der Waals surface area contributed by atoms with Crippen molar-refractivity contribution in [1.29, 1.82) is 0 Å². The highest BCUT2D eigenvalue weighted by Gasteiger charge is 2.14. The van der Waals surface area contributed by atoms with Crippen molar-refractivity contribution in [2.24, 2.45) is 0 Å². The van der Waals surface area contributed by atoms with Gasteiger partial charge in [0.05, 0.1) is 19.8 Å². The molecule has 1 unspecified atom stereocenters. The van der Waals surface area contributed by atoms with Gasteiger partial charge in [-0.05, 0) is 24.7 Å². The van der Waals surface area contributed by atoms with Gasteiger partial charge in [-0.25, -0.2) is 0 Å². The molecule has 1 rings (SSSR count). The van der Waals surface area contributed by atoms with Crippen LogP contribution in [0.5, 0.6) is 11.5 Å². The van der Waals surface area contributed by atoms with Gasteiger partial charge in [-0.1, -0.05) is 6.07 Å². The van der Waals surface area contributed by atoms with Crippen LogP contribution in [0.3, 0.4) is 0 Å². The Kier molecular flexibility index (Phi) is 5.11. The van der Waals surface area contributed by atoms with Crippen molar-refractivity contribution in [3.8, 4) is 11.5 Å². The van der Waals surface area contributed by atoms with Crippen LogP contribution in [0.4, 0.5) is 8.78 Å². The van der Waals surface area contributed by atoms with Crippen molar-refractivity contribution < 1.29 is 23.4 Å². The van der Waals surface area contributed by atoms with Crippen LogP contribution in [0.25, 0.3) is 0 Å².